The second-order valence-electron chi connectivity index (χ2n) is 4.42. The minimum atomic E-state index is -0.599. The summed E-state index contributed by atoms with van der Waals surface area (Å²) >= 11 is 5.81. The smallest absolute Gasteiger partial charge is 0.304 e. The number of hydrogen-bond donors (Lipinski definition) is 1. The number of carbonyl (C=O) groups excluding carboxylic acids is 1. The van der Waals surface area contributed by atoms with Crippen LogP contribution in [0.25, 0.3) is 10.9 Å². The Morgan fingerprint density at radius 1 is 1.44 bits per heavy atom. The van der Waals surface area contributed by atoms with E-state index in [1.165, 1.54) is 6.07 Å². The first kappa shape index (κ1) is 10.1. The molecule has 2 aliphatic heterocycles. The lowest BCUT2D eigenvalue weighted by Gasteiger charge is -2.31. The lowest BCUT2D eigenvalue weighted by molar-refractivity contribution is 0.255. The fourth-order valence-electron chi connectivity index (χ4n) is 2.63. The molecular formula is C11H8ClFN4O. The molecule has 7 heteroatoms. The summed E-state index contributed by atoms with van der Waals surface area (Å²) < 4.78 is 15.7. The summed E-state index contributed by atoms with van der Waals surface area (Å²) in [6, 6.07) is 1.17. The molecule has 2 aromatic rings. The zero-order valence-corrected chi connectivity index (χ0v) is 9.96. The van der Waals surface area contributed by atoms with Gasteiger partial charge in [0.25, 0.3) is 0 Å². The first-order valence-electron chi connectivity index (χ1n) is 5.64. The molecule has 0 fully saturated rings. The van der Waals surface area contributed by atoms with Crippen LogP contribution in [0, 0.1) is 5.82 Å². The van der Waals surface area contributed by atoms with E-state index in [0.717, 1.165) is 13.0 Å². The minimum Gasteiger partial charge on any atom is -0.304 e. The monoisotopic (exact) mass is 266 g/mol. The van der Waals surface area contributed by atoms with Gasteiger partial charge in [-0.2, -0.15) is 5.10 Å². The van der Waals surface area contributed by atoms with Crippen LogP contribution < -0.4 is 10.2 Å². The molecule has 2 amide bonds. The number of urea groups is 1. The van der Waals surface area contributed by atoms with Crippen molar-refractivity contribution >= 4 is 40.0 Å². The van der Waals surface area contributed by atoms with Gasteiger partial charge in [-0.25, -0.2) is 13.9 Å². The number of benzene rings is 1. The van der Waals surface area contributed by atoms with E-state index in [1.54, 1.807) is 9.58 Å². The number of amides is 2. The Bertz CT molecular complexity index is 711. The average Bonchev–Trinajstić information content (AvgIpc) is 2.71. The van der Waals surface area contributed by atoms with Gasteiger partial charge in [-0.05, 0) is 12.5 Å². The lowest BCUT2D eigenvalue weighted by atomic mass is 10.1. The van der Waals surface area contributed by atoms with E-state index in [4.69, 9.17) is 11.6 Å². The minimum absolute atomic E-state index is 0.0262. The van der Waals surface area contributed by atoms with Crippen LogP contribution in [0.1, 0.15) is 6.42 Å². The van der Waals surface area contributed by atoms with Crippen molar-refractivity contribution in [3.05, 3.63) is 16.9 Å². The van der Waals surface area contributed by atoms with Crippen molar-refractivity contribution in [2.75, 3.05) is 16.8 Å². The molecule has 1 N–H and O–H groups in total. The molecule has 0 bridgehead atoms. The maximum atomic E-state index is 14.0. The average molecular weight is 267 g/mol. The van der Waals surface area contributed by atoms with E-state index < -0.39 is 5.82 Å². The van der Waals surface area contributed by atoms with Crippen molar-refractivity contribution < 1.29 is 9.18 Å². The Morgan fingerprint density at radius 2 is 2.28 bits per heavy atom. The number of anilines is 2. The topological polar surface area (TPSA) is 50.2 Å². The maximum absolute atomic E-state index is 14.0. The van der Waals surface area contributed by atoms with Gasteiger partial charge in [-0.1, -0.05) is 11.6 Å². The Labute approximate surface area is 106 Å². The van der Waals surface area contributed by atoms with Gasteiger partial charge in [0, 0.05) is 13.1 Å². The van der Waals surface area contributed by atoms with Gasteiger partial charge >= 0.3 is 6.03 Å². The molecule has 1 aromatic carbocycles. The van der Waals surface area contributed by atoms with E-state index in [-0.39, 0.29) is 16.7 Å². The molecule has 1 aromatic heterocycles. The number of carbonyl (C=O) groups is 1. The van der Waals surface area contributed by atoms with E-state index in [2.05, 4.69) is 10.4 Å². The number of nitrogens with one attached hydrogen (secondary N) is 1. The maximum Gasteiger partial charge on any atom is 0.327 e. The van der Waals surface area contributed by atoms with Crippen LogP contribution in [0.15, 0.2) is 6.07 Å². The van der Waals surface area contributed by atoms with Crippen molar-refractivity contribution in [3.8, 4) is 0 Å². The predicted octanol–water partition coefficient (Wildman–Crippen LogP) is 2.58. The third-order valence-corrected chi connectivity index (χ3v) is 3.65. The molecule has 2 aliphatic rings. The molecule has 0 saturated carbocycles. The van der Waals surface area contributed by atoms with Gasteiger partial charge < -0.3 is 5.32 Å². The fraction of sp³-hybridized carbons (Fsp3) is 0.273. The molecule has 0 spiro atoms. The highest BCUT2D eigenvalue weighted by atomic mass is 35.5. The highest BCUT2D eigenvalue weighted by Gasteiger charge is 2.34. The quantitative estimate of drug-likeness (QED) is 0.797. The summed E-state index contributed by atoms with van der Waals surface area (Å²) in [5, 5.41) is 7.54. The normalized spacial score (nSPS) is 17.2. The van der Waals surface area contributed by atoms with E-state index >= 15 is 0 Å². The molecular weight excluding hydrogens is 259 g/mol. The molecule has 0 radical (unpaired) electrons. The van der Waals surface area contributed by atoms with Crippen molar-refractivity contribution in [2.24, 2.45) is 0 Å². The summed E-state index contributed by atoms with van der Waals surface area (Å²) in [5.41, 5.74) is 0.750. The highest BCUT2D eigenvalue weighted by Crippen LogP contribution is 2.42. The van der Waals surface area contributed by atoms with Gasteiger partial charge in [-0.3, -0.25) is 4.90 Å². The number of hydrogen-bond acceptors (Lipinski definition) is 2. The van der Waals surface area contributed by atoms with Gasteiger partial charge in [0.05, 0.1) is 21.6 Å². The SMILES string of the molecule is O=C1Nc2c(F)c(Cl)cc3nn4c(c23)N1CCC4. The van der Waals surface area contributed by atoms with Crippen molar-refractivity contribution in [2.45, 2.75) is 13.0 Å². The van der Waals surface area contributed by atoms with Crippen molar-refractivity contribution in [1.82, 2.24) is 9.78 Å². The second kappa shape index (κ2) is 3.14. The summed E-state index contributed by atoms with van der Waals surface area (Å²) in [7, 11) is 0. The van der Waals surface area contributed by atoms with Crippen LogP contribution >= 0.6 is 11.6 Å². The predicted molar refractivity (Wildman–Crippen MR) is 65.7 cm³/mol. The first-order chi connectivity index (χ1) is 8.66. The second-order valence-corrected chi connectivity index (χ2v) is 4.83. The van der Waals surface area contributed by atoms with Gasteiger partial charge in [-0.15, -0.1) is 0 Å². The van der Waals surface area contributed by atoms with Gasteiger partial charge in [0.1, 0.15) is 5.82 Å². The van der Waals surface area contributed by atoms with Crippen LogP contribution in [-0.4, -0.2) is 22.4 Å². The summed E-state index contributed by atoms with van der Waals surface area (Å²) in [6.07, 6.45) is 0.833. The van der Waals surface area contributed by atoms with Gasteiger partial charge in [0.15, 0.2) is 5.82 Å². The van der Waals surface area contributed by atoms with Crippen LogP contribution in [0.5, 0.6) is 0 Å². The zero-order valence-electron chi connectivity index (χ0n) is 9.20. The number of aryl methyl sites for hydroxylation is 1. The molecule has 0 saturated heterocycles. The van der Waals surface area contributed by atoms with Crippen LogP contribution in [0.4, 0.5) is 20.7 Å². The Morgan fingerprint density at radius 3 is 3.11 bits per heavy atom. The molecule has 5 nitrogen and oxygen atoms in total. The molecule has 3 heterocycles. The molecule has 0 atom stereocenters. The number of halogens is 2. The summed E-state index contributed by atoms with van der Waals surface area (Å²) in [6.45, 7) is 1.35. The van der Waals surface area contributed by atoms with Crippen LogP contribution in [0.3, 0.4) is 0 Å². The third-order valence-electron chi connectivity index (χ3n) is 3.38. The standard InChI is InChI=1S/C11H8ClFN4O/c12-5-4-6-7-9(8(5)13)14-11(18)16-2-1-3-17(15-6)10(7)16/h4H,1-3H2,(H,14,18). The van der Waals surface area contributed by atoms with E-state index in [9.17, 15) is 9.18 Å². The zero-order chi connectivity index (χ0) is 12.4. The lowest BCUT2D eigenvalue weighted by Crippen LogP contribution is -2.42. The van der Waals surface area contributed by atoms with E-state index in [0.29, 0.717) is 23.3 Å². The van der Waals surface area contributed by atoms with Crippen LogP contribution in [0.2, 0.25) is 5.02 Å². The van der Waals surface area contributed by atoms with Crippen molar-refractivity contribution in [3.63, 3.8) is 0 Å². The number of rotatable bonds is 0. The molecule has 92 valence electrons. The Balaban J connectivity index is 2.19. The summed E-state index contributed by atoms with van der Waals surface area (Å²) in [5.74, 6) is 0.0732. The van der Waals surface area contributed by atoms with Crippen LogP contribution in [-0.2, 0) is 6.54 Å². The highest BCUT2D eigenvalue weighted by molar-refractivity contribution is 6.33. The molecule has 0 unspecified atom stereocenters. The van der Waals surface area contributed by atoms with Crippen molar-refractivity contribution in [1.29, 1.82) is 0 Å². The van der Waals surface area contributed by atoms with E-state index in [1.807, 2.05) is 0 Å². The largest absolute Gasteiger partial charge is 0.327 e. The third kappa shape index (κ3) is 1.06. The first-order valence-corrected chi connectivity index (χ1v) is 6.01. The summed E-state index contributed by atoms with van der Waals surface area (Å²) in [4.78, 5) is 13.5. The fourth-order valence-corrected chi connectivity index (χ4v) is 2.83. The number of aromatic nitrogens is 2. The molecule has 0 aliphatic carbocycles. The number of nitrogens with zero attached hydrogens (tertiary/aromatic N) is 3. The molecule has 18 heavy (non-hydrogen) atoms. The Kier molecular flexibility index (Phi) is 1.77. The Hall–Kier alpha value is -1.82. The van der Waals surface area contributed by atoms with Gasteiger partial charge in [0.2, 0.25) is 0 Å². The molecule has 4 rings (SSSR count).